The first-order valence-electron chi connectivity index (χ1n) is 7.91. The fourth-order valence-corrected chi connectivity index (χ4v) is 2.76. The highest BCUT2D eigenvalue weighted by atomic mass is 32.2. The lowest BCUT2D eigenvalue weighted by atomic mass is 10.1. The lowest BCUT2D eigenvalue weighted by Crippen LogP contribution is -2.20. The van der Waals surface area contributed by atoms with Gasteiger partial charge in [-0.25, -0.2) is 5.43 Å². The van der Waals surface area contributed by atoms with E-state index in [9.17, 15) is 4.79 Å². The summed E-state index contributed by atoms with van der Waals surface area (Å²) in [5.74, 6) is 0.954. The average Bonchev–Trinajstić information content (AvgIpc) is 3.02. The van der Waals surface area contributed by atoms with Crippen LogP contribution in [0, 0.1) is 5.92 Å². The van der Waals surface area contributed by atoms with E-state index in [2.05, 4.69) is 34.6 Å². The molecule has 1 amide bonds. The van der Waals surface area contributed by atoms with Crippen molar-refractivity contribution in [3.63, 3.8) is 0 Å². The van der Waals surface area contributed by atoms with Crippen LogP contribution >= 0.6 is 11.8 Å². The third-order valence-electron chi connectivity index (χ3n) is 3.91. The van der Waals surface area contributed by atoms with E-state index in [4.69, 9.17) is 0 Å². The molecule has 0 saturated carbocycles. The summed E-state index contributed by atoms with van der Waals surface area (Å²) in [5.41, 5.74) is 5.27. The van der Waals surface area contributed by atoms with E-state index in [0.29, 0.717) is 11.5 Å². The van der Waals surface area contributed by atoms with Crippen molar-refractivity contribution in [2.24, 2.45) is 18.1 Å². The zero-order valence-electron chi connectivity index (χ0n) is 14.5. The van der Waals surface area contributed by atoms with Crippen LogP contribution in [0.4, 0.5) is 0 Å². The molecule has 24 heavy (non-hydrogen) atoms. The van der Waals surface area contributed by atoms with Crippen LogP contribution in [0.25, 0.3) is 0 Å². The minimum absolute atomic E-state index is 0.190. The topological polar surface area (TPSA) is 72.2 Å². The summed E-state index contributed by atoms with van der Waals surface area (Å²) in [6.45, 7) is 6.12. The van der Waals surface area contributed by atoms with E-state index in [1.165, 1.54) is 0 Å². The van der Waals surface area contributed by atoms with E-state index in [1.54, 1.807) is 18.1 Å². The van der Waals surface area contributed by atoms with Crippen molar-refractivity contribution >= 4 is 23.4 Å². The summed E-state index contributed by atoms with van der Waals surface area (Å²) in [6.07, 6.45) is 2.68. The van der Waals surface area contributed by atoms with Crippen molar-refractivity contribution in [3.8, 4) is 0 Å². The number of thioether (sulfide) groups is 1. The van der Waals surface area contributed by atoms with E-state index >= 15 is 0 Å². The van der Waals surface area contributed by atoms with Gasteiger partial charge in [0.1, 0.15) is 6.33 Å². The number of nitrogens with one attached hydrogen (secondary N) is 1. The van der Waals surface area contributed by atoms with Crippen LogP contribution in [-0.4, -0.2) is 26.4 Å². The van der Waals surface area contributed by atoms with Gasteiger partial charge in [0.25, 0.3) is 5.91 Å². The Balaban J connectivity index is 1.91. The number of aromatic nitrogens is 3. The molecule has 2 rings (SSSR count). The summed E-state index contributed by atoms with van der Waals surface area (Å²) in [4.78, 5) is 12.1. The molecule has 0 bridgehead atoms. The first-order valence-corrected chi connectivity index (χ1v) is 8.90. The Morgan fingerprint density at radius 3 is 2.67 bits per heavy atom. The molecular weight excluding hydrogens is 322 g/mol. The standard InChI is InChI=1S/C17H23N5OS/c1-5-12(2)13(3)19-20-16(23)15-8-6-14(7-9-15)10-24-17-21-18-11-22(17)4/h6-9,11-12H,5,10H2,1-4H3,(H,20,23)/b19-13-/t12-/m1/s1. The predicted molar refractivity (Wildman–Crippen MR) is 97.0 cm³/mol. The SMILES string of the molecule is CC[C@@H](C)/C(C)=N\NC(=O)c1ccc(CSc2nncn2C)cc1. The molecule has 1 N–H and O–H groups in total. The van der Waals surface area contributed by atoms with Gasteiger partial charge in [0.15, 0.2) is 5.16 Å². The third-order valence-corrected chi connectivity index (χ3v) is 5.02. The van der Waals surface area contributed by atoms with Gasteiger partial charge in [-0.05, 0) is 37.0 Å². The van der Waals surface area contributed by atoms with Gasteiger partial charge in [0.2, 0.25) is 0 Å². The Kier molecular flexibility index (Phi) is 6.54. The highest BCUT2D eigenvalue weighted by Gasteiger charge is 2.07. The molecule has 0 aliphatic carbocycles. The largest absolute Gasteiger partial charge is 0.312 e. The Morgan fingerprint density at radius 2 is 2.08 bits per heavy atom. The Morgan fingerprint density at radius 1 is 1.38 bits per heavy atom. The van der Waals surface area contributed by atoms with Crippen molar-refractivity contribution < 1.29 is 4.79 Å². The molecular formula is C17H23N5OS. The van der Waals surface area contributed by atoms with Gasteiger partial charge < -0.3 is 4.57 Å². The summed E-state index contributed by atoms with van der Waals surface area (Å²) >= 11 is 1.61. The second kappa shape index (κ2) is 8.63. The Hall–Kier alpha value is -2.15. The molecule has 0 fully saturated rings. The number of amides is 1. The number of carbonyl (C=O) groups is 1. The molecule has 0 spiro atoms. The number of hydrogen-bond acceptors (Lipinski definition) is 5. The maximum absolute atomic E-state index is 12.1. The zero-order chi connectivity index (χ0) is 17.5. The fourth-order valence-electron chi connectivity index (χ4n) is 1.91. The van der Waals surface area contributed by atoms with Gasteiger partial charge in [-0.15, -0.1) is 10.2 Å². The lowest BCUT2D eigenvalue weighted by Gasteiger charge is -2.08. The molecule has 0 aliphatic rings. The van der Waals surface area contributed by atoms with Gasteiger partial charge >= 0.3 is 0 Å². The monoisotopic (exact) mass is 345 g/mol. The molecule has 7 heteroatoms. The normalized spacial score (nSPS) is 12.9. The predicted octanol–water partition coefficient (Wildman–Crippen LogP) is 3.26. The first-order chi connectivity index (χ1) is 11.5. The molecule has 6 nitrogen and oxygen atoms in total. The van der Waals surface area contributed by atoms with Crippen LogP contribution in [0.5, 0.6) is 0 Å². The molecule has 0 saturated heterocycles. The van der Waals surface area contributed by atoms with Crippen LogP contribution in [0.2, 0.25) is 0 Å². The van der Waals surface area contributed by atoms with Gasteiger partial charge in [0, 0.05) is 24.1 Å². The minimum atomic E-state index is -0.190. The number of hydrazone groups is 1. The van der Waals surface area contributed by atoms with E-state index < -0.39 is 0 Å². The van der Waals surface area contributed by atoms with Gasteiger partial charge in [-0.1, -0.05) is 37.7 Å². The summed E-state index contributed by atoms with van der Waals surface area (Å²) in [5, 5.41) is 12.9. The van der Waals surface area contributed by atoms with Crippen molar-refractivity contribution in [1.29, 1.82) is 0 Å². The number of nitrogens with zero attached hydrogens (tertiary/aromatic N) is 4. The van der Waals surface area contributed by atoms with Crippen LogP contribution in [0.3, 0.4) is 0 Å². The molecule has 0 radical (unpaired) electrons. The van der Waals surface area contributed by atoms with Crippen LogP contribution in [-0.2, 0) is 12.8 Å². The van der Waals surface area contributed by atoms with Gasteiger partial charge in [-0.2, -0.15) is 5.10 Å². The Labute approximate surface area is 146 Å². The third kappa shape index (κ3) is 4.92. The fraction of sp³-hybridized carbons (Fsp3) is 0.412. The average molecular weight is 345 g/mol. The minimum Gasteiger partial charge on any atom is -0.312 e. The van der Waals surface area contributed by atoms with Crippen molar-refractivity contribution in [2.45, 2.75) is 38.1 Å². The second-order valence-corrected chi connectivity index (χ2v) is 6.66. The second-order valence-electron chi connectivity index (χ2n) is 5.71. The molecule has 1 heterocycles. The zero-order valence-corrected chi connectivity index (χ0v) is 15.3. The lowest BCUT2D eigenvalue weighted by molar-refractivity contribution is 0.0954. The molecule has 0 unspecified atom stereocenters. The number of benzene rings is 1. The molecule has 1 atom stereocenters. The molecule has 1 aromatic carbocycles. The Bertz CT molecular complexity index is 708. The number of hydrogen-bond donors (Lipinski definition) is 1. The highest BCUT2D eigenvalue weighted by Crippen LogP contribution is 2.20. The maximum atomic E-state index is 12.1. The number of rotatable bonds is 7. The highest BCUT2D eigenvalue weighted by molar-refractivity contribution is 7.98. The smallest absolute Gasteiger partial charge is 0.271 e. The number of carbonyl (C=O) groups excluding carboxylic acids is 1. The maximum Gasteiger partial charge on any atom is 0.271 e. The van der Waals surface area contributed by atoms with E-state index in [0.717, 1.165) is 28.6 Å². The molecule has 2 aromatic rings. The van der Waals surface area contributed by atoms with Gasteiger partial charge in [0.05, 0.1) is 0 Å². The first kappa shape index (κ1) is 18.2. The summed E-state index contributed by atoms with van der Waals surface area (Å²) in [6, 6.07) is 7.53. The van der Waals surface area contributed by atoms with Crippen LogP contribution in [0.15, 0.2) is 40.9 Å². The molecule has 128 valence electrons. The quantitative estimate of drug-likeness (QED) is 0.475. The van der Waals surface area contributed by atoms with Crippen LogP contribution < -0.4 is 5.43 Å². The molecule has 0 aliphatic heterocycles. The van der Waals surface area contributed by atoms with E-state index in [1.807, 2.05) is 42.8 Å². The number of aryl methyl sites for hydroxylation is 1. The van der Waals surface area contributed by atoms with Crippen LogP contribution in [0.1, 0.15) is 43.1 Å². The molecule has 1 aromatic heterocycles. The van der Waals surface area contributed by atoms with E-state index in [-0.39, 0.29) is 5.91 Å². The van der Waals surface area contributed by atoms with Crippen molar-refractivity contribution in [1.82, 2.24) is 20.2 Å². The van der Waals surface area contributed by atoms with Crippen molar-refractivity contribution in [2.75, 3.05) is 0 Å². The van der Waals surface area contributed by atoms with Crippen molar-refractivity contribution in [3.05, 3.63) is 41.7 Å². The van der Waals surface area contributed by atoms with Gasteiger partial charge in [-0.3, -0.25) is 4.79 Å². The summed E-state index contributed by atoms with van der Waals surface area (Å²) in [7, 11) is 1.91. The summed E-state index contributed by atoms with van der Waals surface area (Å²) < 4.78 is 1.88.